The fourth-order valence-corrected chi connectivity index (χ4v) is 2.72. The maximum Gasteiger partial charge on any atom is 0.303 e. The van der Waals surface area contributed by atoms with Gasteiger partial charge in [0.2, 0.25) is 5.91 Å². The van der Waals surface area contributed by atoms with Crippen molar-refractivity contribution in [1.29, 1.82) is 0 Å². The topological polar surface area (TPSA) is 78.4 Å². The summed E-state index contributed by atoms with van der Waals surface area (Å²) < 4.78 is 0. The van der Waals surface area contributed by atoms with Crippen LogP contribution in [0.25, 0.3) is 0 Å². The predicted octanol–water partition coefficient (Wildman–Crippen LogP) is 1.92. The van der Waals surface area contributed by atoms with E-state index in [1.807, 2.05) is 6.92 Å². The van der Waals surface area contributed by atoms with Gasteiger partial charge in [-0.1, -0.05) is 13.3 Å². The van der Waals surface area contributed by atoms with Crippen LogP contribution >= 0.6 is 0 Å². The first-order chi connectivity index (χ1) is 9.48. The zero-order valence-electron chi connectivity index (χ0n) is 12.7. The van der Waals surface area contributed by atoms with Crippen LogP contribution in [0.2, 0.25) is 0 Å². The molecule has 5 heteroatoms. The van der Waals surface area contributed by atoms with Gasteiger partial charge in [0.25, 0.3) is 0 Å². The molecule has 0 bridgehead atoms. The Morgan fingerprint density at radius 2 is 2.10 bits per heavy atom. The number of rotatable bonds is 8. The van der Waals surface area contributed by atoms with Gasteiger partial charge in [0.15, 0.2) is 0 Å². The Morgan fingerprint density at radius 3 is 2.65 bits per heavy atom. The van der Waals surface area contributed by atoms with Gasteiger partial charge in [0.1, 0.15) is 0 Å². The molecule has 0 aromatic rings. The monoisotopic (exact) mass is 284 g/mol. The zero-order chi connectivity index (χ0) is 15.0. The first-order valence-corrected chi connectivity index (χ1v) is 7.73. The molecule has 0 radical (unpaired) electrons. The molecular weight excluding hydrogens is 256 g/mol. The fraction of sp³-hybridized carbons (Fsp3) is 0.867. The number of hydrogen-bond donors (Lipinski definition) is 3. The molecule has 1 fully saturated rings. The normalized spacial score (nSPS) is 24.1. The van der Waals surface area contributed by atoms with Gasteiger partial charge in [-0.3, -0.25) is 9.59 Å². The molecule has 3 N–H and O–H groups in total. The molecule has 1 aliphatic heterocycles. The van der Waals surface area contributed by atoms with Gasteiger partial charge >= 0.3 is 5.97 Å². The van der Waals surface area contributed by atoms with Crippen molar-refractivity contribution in [2.75, 3.05) is 13.1 Å². The second-order valence-corrected chi connectivity index (χ2v) is 5.97. The van der Waals surface area contributed by atoms with Crippen molar-refractivity contribution in [2.24, 2.45) is 5.92 Å². The highest BCUT2D eigenvalue weighted by Crippen LogP contribution is 2.19. The van der Waals surface area contributed by atoms with E-state index in [1.165, 1.54) is 0 Å². The number of nitrogens with one attached hydrogen (secondary N) is 2. The Labute approximate surface area is 121 Å². The minimum atomic E-state index is -0.744. The lowest BCUT2D eigenvalue weighted by atomic mass is 9.90. The van der Waals surface area contributed by atoms with Crippen LogP contribution < -0.4 is 10.6 Å². The summed E-state index contributed by atoms with van der Waals surface area (Å²) in [6.45, 7) is 5.57. The molecule has 116 valence electrons. The maximum atomic E-state index is 12.2. The molecule has 0 aromatic carbocycles. The predicted molar refractivity (Wildman–Crippen MR) is 78.5 cm³/mol. The van der Waals surface area contributed by atoms with E-state index in [2.05, 4.69) is 17.6 Å². The second kappa shape index (κ2) is 8.25. The number of carboxylic acid groups (broad SMARTS) is 1. The summed E-state index contributed by atoms with van der Waals surface area (Å²) in [5, 5.41) is 15.0. The Hall–Kier alpha value is -1.10. The largest absolute Gasteiger partial charge is 0.481 e. The van der Waals surface area contributed by atoms with E-state index in [-0.39, 0.29) is 12.3 Å². The molecule has 0 spiro atoms. The van der Waals surface area contributed by atoms with Crippen LogP contribution in [0.3, 0.4) is 0 Å². The molecular formula is C15H28N2O3. The van der Waals surface area contributed by atoms with Crippen LogP contribution in [0.5, 0.6) is 0 Å². The smallest absolute Gasteiger partial charge is 0.303 e. The molecule has 0 saturated carbocycles. The van der Waals surface area contributed by atoms with Crippen LogP contribution in [0, 0.1) is 5.92 Å². The number of carbonyl (C=O) groups excluding carboxylic acids is 1. The van der Waals surface area contributed by atoms with Crippen molar-refractivity contribution in [3.05, 3.63) is 0 Å². The first kappa shape index (κ1) is 17.0. The summed E-state index contributed by atoms with van der Waals surface area (Å²) in [4.78, 5) is 22.8. The van der Waals surface area contributed by atoms with Crippen molar-refractivity contribution >= 4 is 11.9 Å². The van der Waals surface area contributed by atoms with Crippen LogP contribution in [0.15, 0.2) is 0 Å². The number of aliphatic carboxylic acids is 1. The van der Waals surface area contributed by atoms with E-state index >= 15 is 0 Å². The van der Waals surface area contributed by atoms with Crippen LogP contribution in [-0.2, 0) is 9.59 Å². The Morgan fingerprint density at radius 1 is 1.35 bits per heavy atom. The Bertz CT molecular complexity index is 325. The highest BCUT2D eigenvalue weighted by molar-refractivity contribution is 5.85. The van der Waals surface area contributed by atoms with Gasteiger partial charge in [-0.2, -0.15) is 0 Å². The third kappa shape index (κ3) is 5.49. The lowest BCUT2D eigenvalue weighted by Gasteiger charge is -2.33. The SMILES string of the molecule is CCC(CCNC(=O)C1(C)CCCCN1)CCC(=O)O. The molecule has 20 heavy (non-hydrogen) atoms. The highest BCUT2D eigenvalue weighted by Gasteiger charge is 2.33. The summed E-state index contributed by atoms with van der Waals surface area (Å²) in [6.07, 6.45) is 5.82. The standard InChI is InChI=1S/C15H28N2O3/c1-3-12(6-7-13(18)19)8-11-16-14(20)15(2)9-4-5-10-17-15/h12,17H,3-11H2,1-2H3,(H,16,20)(H,18,19). The average molecular weight is 284 g/mol. The summed E-state index contributed by atoms with van der Waals surface area (Å²) in [5.41, 5.74) is -0.430. The van der Waals surface area contributed by atoms with Crippen molar-refractivity contribution in [3.63, 3.8) is 0 Å². The van der Waals surface area contributed by atoms with Gasteiger partial charge in [0.05, 0.1) is 5.54 Å². The van der Waals surface area contributed by atoms with E-state index in [9.17, 15) is 9.59 Å². The molecule has 1 aliphatic rings. The third-order valence-electron chi connectivity index (χ3n) is 4.30. The molecule has 2 unspecified atom stereocenters. The molecule has 1 rings (SSSR count). The summed E-state index contributed by atoms with van der Waals surface area (Å²) >= 11 is 0. The van der Waals surface area contributed by atoms with Crippen LogP contribution in [0.4, 0.5) is 0 Å². The van der Waals surface area contributed by atoms with Gasteiger partial charge in [-0.25, -0.2) is 0 Å². The average Bonchev–Trinajstić information content (AvgIpc) is 2.43. The molecule has 0 aliphatic carbocycles. The minimum absolute atomic E-state index is 0.0743. The van der Waals surface area contributed by atoms with Crippen molar-refractivity contribution in [1.82, 2.24) is 10.6 Å². The lowest BCUT2D eigenvalue weighted by molar-refractivity contribution is -0.137. The summed E-state index contributed by atoms with van der Waals surface area (Å²) in [7, 11) is 0. The van der Waals surface area contributed by atoms with E-state index in [0.717, 1.165) is 38.6 Å². The number of carboxylic acids is 1. The highest BCUT2D eigenvalue weighted by atomic mass is 16.4. The van der Waals surface area contributed by atoms with E-state index in [0.29, 0.717) is 18.9 Å². The van der Waals surface area contributed by atoms with E-state index < -0.39 is 11.5 Å². The maximum absolute atomic E-state index is 12.2. The number of carbonyl (C=O) groups is 2. The molecule has 1 heterocycles. The third-order valence-corrected chi connectivity index (χ3v) is 4.30. The number of amides is 1. The number of piperidine rings is 1. The second-order valence-electron chi connectivity index (χ2n) is 5.97. The number of hydrogen-bond acceptors (Lipinski definition) is 3. The molecule has 1 amide bonds. The van der Waals surface area contributed by atoms with Gasteiger partial charge in [-0.15, -0.1) is 0 Å². The van der Waals surface area contributed by atoms with Gasteiger partial charge in [-0.05, 0) is 51.5 Å². The summed E-state index contributed by atoms with van der Waals surface area (Å²) in [5.74, 6) is -0.296. The van der Waals surface area contributed by atoms with Crippen molar-refractivity contribution < 1.29 is 14.7 Å². The van der Waals surface area contributed by atoms with Crippen molar-refractivity contribution in [2.45, 2.75) is 64.3 Å². The Balaban J connectivity index is 2.27. The van der Waals surface area contributed by atoms with Gasteiger partial charge in [0, 0.05) is 13.0 Å². The van der Waals surface area contributed by atoms with E-state index in [4.69, 9.17) is 5.11 Å². The van der Waals surface area contributed by atoms with Gasteiger partial charge < -0.3 is 15.7 Å². The molecule has 2 atom stereocenters. The van der Waals surface area contributed by atoms with Crippen molar-refractivity contribution in [3.8, 4) is 0 Å². The Kier molecular flexibility index (Phi) is 6.99. The van der Waals surface area contributed by atoms with E-state index in [1.54, 1.807) is 0 Å². The quantitative estimate of drug-likeness (QED) is 0.636. The van der Waals surface area contributed by atoms with Crippen LogP contribution in [-0.4, -0.2) is 35.6 Å². The minimum Gasteiger partial charge on any atom is -0.481 e. The van der Waals surface area contributed by atoms with Crippen LogP contribution in [0.1, 0.15) is 58.8 Å². The zero-order valence-corrected chi connectivity index (χ0v) is 12.7. The first-order valence-electron chi connectivity index (χ1n) is 7.73. The molecule has 5 nitrogen and oxygen atoms in total. The molecule has 0 aromatic heterocycles. The lowest BCUT2D eigenvalue weighted by Crippen LogP contribution is -2.57. The summed E-state index contributed by atoms with van der Waals surface area (Å²) in [6, 6.07) is 0. The molecule has 1 saturated heterocycles. The fourth-order valence-electron chi connectivity index (χ4n) is 2.72.